The molecule has 0 radical (unpaired) electrons. The SMILES string of the molecule is CNCc1ccc(CS(=O)(=O)NCc2ccoc2)cc1. The molecule has 0 aliphatic carbocycles. The van der Waals surface area contributed by atoms with E-state index in [1.807, 2.05) is 31.3 Å². The van der Waals surface area contributed by atoms with E-state index in [1.165, 1.54) is 12.5 Å². The summed E-state index contributed by atoms with van der Waals surface area (Å²) >= 11 is 0. The first kappa shape index (κ1) is 14.8. The molecular formula is C14H18N2O3S. The molecule has 0 spiro atoms. The molecular weight excluding hydrogens is 276 g/mol. The Balaban J connectivity index is 1.93. The van der Waals surface area contributed by atoms with E-state index in [1.54, 1.807) is 6.07 Å². The maximum Gasteiger partial charge on any atom is 0.216 e. The highest BCUT2D eigenvalue weighted by Gasteiger charge is 2.11. The Labute approximate surface area is 119 Å². The van der Waals surface area contributed by atoms with E-state index in [4.69, 9.17) is 4.42 Å². The van der Waals surface area contributed by atoms with Gasteiger partial charge in [-0.1, -0.05) is 24.3 Å². The van der Waals surface area contributed by atoms with E-state index in [2.05, 4.69) is 10.0 Å². The lowest BCUT2D eigenvalue weighted by Crippen LogP contribution is -2.24. The molecule has 0 atom stereocenters. The third kappa shape index (κ3) is 4.48. The van der Waals surface area contributed by atoms with Crippen molar-refractivity contribution in [1.29, 1.82) is 0 Å². The monoisotopic (exact) mass is 294 g/mol. The molecule has 108 valence electrons. The Hall–Kier alpha value is -1.63. The molecule has 5 nitrogen and oxygen atoms in total. The lowest BCUT2D eigenvalue weighted by molar-refractivity contribution is 0.561. The molecule has 2 rings (SSSR count). The van der Waals surface area contributed by atoms with Crippen LogP contribution in [0.25, 0.3) is 0 Å². The van der Waals surface area contributed by atoms with Crippen molar-refractivity contribution in [3.8, 4) is 0 Å². The molecule has 0 unspecified atom stereocenters. The molecule has 0 saturated carbocycles. The summed E-state index contributed by atoms with van der Waals surface area (Å²) in [6.07, 6.45) is 3.04. The molecule has 2 N–H and O–H groups in total. The highest BCUT2D eigenvalue weighted by atomic mass is 32.2. The summed E-state index contributed by atoms with van der Waals surface area (Å²) in [6.45, 7) is 1.02. The number of rotatable bonds is 7. The van der Waals surface area contributed by atoms with Gasteiger partial charge in [-0.05, 0) is 24.2 Å². The van der Waals surface area contributed by atoms with Gasteiger partial charge in [0.15, 0.2) is 0 Å². The summed E-state index contributed by atoms with van der Waals surface area (Å²) in [4.78, 5) is 0. The third-order valence-corrected chi connectivity index (χ3v) is 4.13. The summed E-state index contributed by atoms with van der Waals surface area (Å²) in [7, 11) is -1.47. The number of hydrogen-bond donors (Lipinski definition) is 2. The van der Waals surface area contributed by atoms with Gasteiger partial charge in [-0.15, -0.1) is 0 Å². The van der Waals surface area contributed by atoms with Crippen molar-refractivity contribution in [3.63, 3.8) is 0 Å². The van der Waals surface area contributed by atoms with Gasteiger partial charge in [0, 0.05) is 18.7 Å². The molecule has 1 heterocycles. The van der Waals surface area contributed by atoms with Gasteiger partial charge in [-0.25, -0.2) is 13.1 Å². The summed E-state index contributed by atoms with van der Waals surface area (Å²) < 4.78 is 31.3. The quantitative estimate of drug-likeness (QED) is 0.814. The largest absolute Gasteiger partial charge is 0.472 e. The Morgan fingerprint density at radius 1 is 1.00 bits per heavy atom. The van der Waals surface area contributed by atoms with Crippen molar-refractivity contribution < 1.29 is 12.8 Å². The highest BCUT2D eigenvalue weighted by molar-refractivity contribution is 7.88. The summed E-state index contributed by atoms with van der Waals surface area (Å²) in [5, 5.41) is 3.05. The molecule has 1 aromatic carbocycles. The van der Waals surface area contributed by atoms with Gasteiger partial charge in [0.1, 0.15) is 0 Å². The maximum atomic E-state index is 12.0. The Morgan fingerprint density at radius 2 is 1.70 bits per heavy atom. The number of nitrogens with one attached hydrogen (secondary N) is 2. The van der Waals surface area contributed by atoms with Crippen LogP contribution in [0.15, 0.2) is 47.3 Å². The lowest BCUT2D eigenvalue weighted by atomic mass is 10.1. The summed E-state index contributed by atoms with van der Waals surface area (Å²) in [5.74, 6) is -0.0231. The molecule has 0 aliphatic rings. The van der Waals surface area contributed by atoms with Crippen molar-refractivity contribution in [2.45, 2.75) is 18.8 Å². The first-order valence-corrected chi connectivity index (χ1v) is 7.95. The predicted octanol–water partition coefficient (Wildman–Crippen LogP) is 1.62. The van der Waals surface area contributed by atoms with E-state index >= 15 is 0 Å². The Kier molecular flexibility index (Phi) is 4.94. The minimum atomic E-state index is -3.34. The highest BCUT2D eigenvalue weighted by Crippen LogP contribution is 2.08. The third-order valence-electron chi connectivity index (χ3n) is 2.84. The fourth-order valence-corrected chi connectivity index (χ4v) is 2.93. The van der Waals surface area contributed by atoms with Gasteiger partial charge in [0.05, 0.1) is 18.3 Å². The van der Waals surface area contributed by atoms with Crippen molar-refractivity contribution >= 4 is 10.0 Å². The topological polar surface area (TPSA) is 71.3 Å². The molecule has 0 aliphatic heterocycles. The standard InChI is InChI=1S/C14H18N2O3S/c1-15-8-12-2-4-13(5-3-12)11-20(17,18)16-9-14-6-7-19-10-14/h2-7,10,15-16H,8-9,11H2,1H3. The maximum absolute atomic E-state index is 12.0. The lowest BCUT2D eigenvalue weighted by Gasteiger charge is -2.07. The fourth-order valence-electron chi connectivity index (χ4n) is 1.81. The molecule has 0 fully saturated rings. The molecule has 0 bridgehead atoms. The normalized spacial score (nSPS) is 11.7. The minimum Gasteiger partial charge on any atom is -0.472 e. The minimum absolute atomic E-state index is 0.0231. The number of furan rings is 1. The van der Waals surface area contributed by atoms with Crippen LogP contribution in [0.1, 0.15) is 16.7 Å². The fraction of sp³-hybridized carbons (Fsp3) is 0.286. The molecule has 1 aromatic heterocycles. The van der Waals surface area contributed by atoms with Crippen LogP contribution in [0.3, 0.4) is 0 Å². The van der Waals surface area contributed by atoms with Gasteiger partial charge in [0.2, 0.25) is 10.0 Å². The van der Waals surface area contributed by atoms with E-state index in [0.717, 1.165) is 23.2 Å². The van der Waals surface area contributed by atoms with E-state index in [0.29, 0.717) is 0 Å². The Bertz CT molecular complexity index is 619. The average Bonchev–Trinajstić information content (AvgIpc) is 2.92. The van der Waals surface area contributed by atoms with Crippen LogP contribution in [-0.4, -0.2) is 15.5 Å². The zero-order chi connectivity index (χ0) is 14.4. The van der Waals surface area contributed by atoms with E-state index in [-0.39, 0.29) is 12.3 Å². The Morgan fingerprint density at radius 3 is 2.30 bits per heavy atom. The first-order chi connectivity index (χ1) is 9.59. The second-order valence-corrected chi connectivity index (χ2v) is 6.37. The smallest absolute Gasteiger partial charge is 0.216 e. The zero-order valence-corrected chi connectivity index (χ0v) is 12.1. The summed E-state index contributed by atoms with van der Waals surface area (Å²) in [5.41, 5.74) is 2.70. The van der Waals surface area contributed by atoms with Crippen LogP contribution >= 0.6 is 0 Å². The van der Waals surface area contributed by atoms with Crippen LogP contribution in [0.4, 0.5) is 0 Å². The number of benzene rings is 1. The van der Waals surface area contributed by atoms with E-state index in [9.17, 15) is 8.42 Å². The van der Waals surface area contributed by atoms with Crippen LogP contribution in [0.5, 0.6) is 0 Å². The number of sulfonamides is 1. The van der Waals surface area contributed by atoms with Crippen LogP contribution in [-0.2, 0) is 28.9 Å². The molecule has 0 saturated heterocycles. The van der Waals surface area contributed by atoms with Gasteiger partial charge < -0.3 is 9.73 Å². The second kappa shape index (κ2) is 6.69. The zero-order valence-electron chi connectivity index (χ0n) is 11.3. The predicted molar refractivity (Wildman–Crippen MR) is 77.4 cm³/mol. The van der Waals surface area contributed by atoms with Crippen molar-refractivity contribution in [2.24, 2.45) is 0 Å². The van der Waals surface area contributed by atoms with Gasteiger partial charge in [-0.3, -0.25) is 0 Å². The van der Waals surface area contributed by atoms with Crippen molar-refractivity contribution in [3.05, 3.63) is 59.5 Å². The van der Waals surface area contributed by atoms with Gasteiger partial charge >= 0.3 is 0 Å². The second-order valence-electron chi connectivity index (χ2n) is 4.56. The molecule has 20 heavy (non-hydrogen) atoms. The first-order valence-electron chi connectivity index (χ1n) is 6.30. The van der Waals surface area contributed by atoms with Crippen LogP contribution in [0.2, 0.25) is 0 Å². The molecule has 0 amide bonds. The molecule has 2 aromatic rings. The van der Waals surface area contributed by atoms with Gasteiger partial charge in [0.25, 0.3) is 0 Å². The summed E-state index contributed by atoms with van der Waals surface area (Å²) in [6, 6.07) is 9.26. The van der Waals surface area contributed by atoms with Crippen molar-refractivity contribution in [1.82, 2.24) is 10.0 Å². The van der Waals surface area contributed by atoms with E-state index < -0.39 is 10.0 Å². The van der Waals surface area contributed by atoms with Crippen LogP contribution in [0, 0.1) is 0 Å². The average molecular weight is 294 g/mol. The van der Waals surface area contributed by atoms with Crippen LogP contribution < -0.4 is 10.0 Å². The molecule has 6 heteroatoms. The van der Waals surface area contributed by atoms with Gasteiger partial charge in [-0.2, -0.15) is 0 Å². The van der Waals surface area contributed by atoms with Crippen molar-refractivity contribution in [2.75, 3.05) is 7.05 Å². The number of hydrogen-bond acceptors (Lipinski definition) is 4.